The molecule has 13 heteroatoms. The normalized spacial score (nSPS) is 17.1. The summed E-state index contributed by atoms with van der Waals surface area (Å²) in [6.45, 7) is 3.00. The Morgan fingerprint density at radius 3 is 2.64 bits per heavy atom. The fraction of sp³-hybridized carbons (Fsp3) is 0.261. The maximum absolute atomic E-state index is 14.8. The number of aromatic amines is 1. The number of nitrogens with zero attached hydrogens (tertiary/aromatic N) is 3. The van der Waals surface area contributed by atoms with Crippen molar-refractivity contribution in [2.24, 2.45) is 11.6 Å². The monoisotopic (exact) mass is 511 g/mol. The summed E-state index contributed by atoms with van der Waals surface area (Å²) in [5, 5.41) is 4.26. The van der Waals surface area contributed by atoms with Crippen molar-refractivity contribution in [2.45, 2.75) is 18.5 Å². The zero-order valence-electron chi connectivity index (χ0n) is 18.8. The SMILES string of the molecule is C=C(Nc1c[nH]c2cc(F)c(F)cc12)/C(N)=C/N(N)c1cnc(C2CCN(CC(F)(F)F)C2)c(F)c1. The van der Waals surface area contributed by atoms with Crippen LogP contribution in [-0.2, 0) is 0 Å². The van der Waals surface area contributed by atoms with Crippen molar-refractivity contribution in [3.8, 4) is 0 Å². The lowest BCUT2D eigenvalue weighted by atomic mass is 10.0. The maximum atomic E-state index is 14.8. The molecule has 36 heavy (non-hydrogen) atoms. The first kappa shape index (κ1) is 25.4. The molecular weight excluding hydrogens is 488 g/mol. The Kier molecular flexibility index (Phi) is 6.87. The molecule has 1 atom stereocenters. The number of likely N-dealkylation sites (tertiary alicyclic amines) is 1. The molecule has 6 N–H and O–H groups in total. The molecule has 1 fully saturated rings. The van der Waals surface area contributed by atoms with E-state index in [1.807, 2.05) is 0 Å². The van der Waals surface area contributed by atoms with Gasteiger partial charge in [0.15, 0.2) is 11.6 Å². The number of hydrogen-bond acceptors (Lipinski definition) is 6. The highest BCUT2D eigenvalue weighted by Gasteiger charge is 2.35. The fourth-order valence-electron chi connectivity index (χ4n) is 4.09. The van der Waals surface area contributed by atoms with E-state index in [1.54, 1.807) is 0 Å². The largest absolute Gasteiger partial charge is 0.401 e. The first-order valence-electron chi connectivity index (χ1n) is 10.8. The second kappa shape index (κ2) is 9.74. The smallest absolute Gasteiger partial charge is 0.396 e. The van der Waals surface area contributed by atoms with E-state index in [1.165, 1.54) is 23.5 Å². The van der Waals surface area contributed by atoms with E-state index in [0.29, 0.717) is 23.0 Å². The van der Waals surface area contributed by atoms with Crippen LogP contribution in [0.4, 0.5) is 37.7 Å². The molecule has 0 amide bonds. The third-order valence-electron chi connectivity index (χ3n) is 5.85. The van der Waals surface area contributed by atoms with E-state index in [2.05, 4.69) is 21.9 Å². The summed E-state index contributed by atoms with van der Waals surface area (Å²) in [7, 11) is 0. The van der Waals surface area contributed by atoms with Gasteiger partial charge in [-0.05, 0) is 19.0 Å². The molecule has 1 aliphatic rings. The van der Waals surface area contributed by atoms with Crippen LogP contribution in [0.15, 0.2) is 54.8 Å². The van der Waals surface area contributed by atoms with E-state index < -0.39 is 36.1 Å². The summed E-state index contributed by atoms with van der Waals surface area (Å²) >= 11 is 0. The van der Waals surface area contributed by atoms with E-state index in [0.717, 1.165) is 23.2 Å². The molecule has 0 bridgehead atoms. The number of alkyl halides is 3. The van der Waals surface area contributed by atoms with Crippen molar-refractivity contribution < 1.29 is 26.3 Å². The zero-order valence-corrected chi connectivity index (χ0v) is 18.8. The molecule has 1 saturated heterocycles. The van der Waals surface area contributed by atoms with Crippen LogP contribution in [0.25, 0.3) is 10.9 Å². The van der Waals surface area contributed by atoms with Crippen molar-refractivity contribution in [3.63, 3.8) is 0 Å². The fourth-order valence-corrected chi connectivity index (χ4v) is 4.09. The van der Waals surface area contributed by atoms with Gasteiger partial charge in [-0.2, -0.15) is 13.2 Å². The lowest BCUT2D eigenvalue weighted by Gasteiger charge is -2.19. The molecule has 3 heterocycles. The highest BCUT2D eigenvalue weighted by Crippen LogP contribution is 2.31. The maximum Gasteiger partial charge on any atom is 0.401 e. The lowest BCUT2D eigenvalue weighted by molar-refractivity contribution is -0.143. The summed E-state index contributed by atoms with van der Waals surface area (Å²) in [6, 6.07) is 3.16. The van der Waals surface area contributed by atoms with Crippen molar-refractivity contribution in [1.29, 1.82) is 0 Å². The van der Waals surface area contributed by atoms with Crippen molar-refractivity contribution in [2.75, 3.05) is 30.0 Å². The number of benzene rings is 1. The minimum absolute atomic E-state index is 0.0532. The van der Waals surface area contributed by atoms with Crippen LogP contribution in [0, 0.1) is 17.5 Å². The second-order valence-electron chi connectivity index (χ2n) is 8.51. The summed E-state index contributed by atoms with van der Waals surface area (Å²) in [6.07, 6.45) is 0.0642. The van der Waals surface area contributed by atoms with E-state index >= 15 is 0 Å². The quantitative estimate of drug-likeness (QED) is 0.162. The van der Waals surface area contributed by atoms with Gasteiger partial charge in [-0.15, -0.1) is 0 Å². The van der Waals surface area contributed by atoms with Crippen LogP contribution in [0.5, 0.6) is 0 Å². The Hall–Kier alpha value is -3.71. The number of hydrazine groups is 1. The van der Waals surface area contributed by atoms with Crippen LogP contribution in [0.1, 0.15) is 18.0 Å². The number of fused-ring (bicyclic) bond motifs is 1. The van der Waals surface area contributed by atoms with Gasteiger partial charge in [0.1, 0.15) is 5.82 Å². The molecule has 1 aromatic carbocycles. The van der Waals surface area contributed by atoms with Crippen LogP contribution >= 0.6 is 0 Å². The van der Waals surface area contributed by atoms with Gasteiger partial charge >= 0.3 is 6.18 Å². The molecule has 192 valence electrons. The number of aromatic nitrogens is 2. The first-order chi connectivity index (χ1) is 16.9. The lowest BCUT2D eigenvalue weighted by Crippen LogP contribution is -2.32. The average molecular weight is 511 g/mol. The third kappa shape index (κ3) is 5.57. The molecule has 1 unspecified atom stereocenters. The van der Waals surface area contributed by atoms with E-state index in [4.69, 9.17) is 11.6 Å². The van der Waals surface area contributed by atoms with Gasteiger partial charge in [-0.25, -0.2) is 19.0 Å². The van der Waals surface area contributed by atoms with Crippen LogP contribution < -0.4 is 21.9 Å². The van der Waals surface area contributed by atoms with Crippen molar-refractivity contribution >= 4 is 22.3 Å². The van der Waals surface area contributed by atoms with Gasteiger partial charge in [0, 0.05) is 42.4 Å². The molecule has 1 aliphatic heterocycles. The molecule has 2 aromatic heterocycles. The van der Waals surface area contributed by atoms with Crippen molar-refractivity contribution in [1.82, 2.24) is 14.9 Å². The van der Waals surface area contributed by atoms with E-state index in [9.17, 15) is 26.3 Å². The Labute approximate surface area is 202 Å². The topological polar surface area (TPSA) is 99.2 Å². The Morgan fingerprint density at radius 1 is 1.22 bits per heavy atom. The second-order valence-corrected chi connectivity index (χ2v) is 8.51. The van der Waals surface area contributed by atoms with Gasteiger partial charge < -0.3 is 16.0 Å². The summed E-state index contributed by atoms with van der Waals surface area (Å²) in [4.78, 5) is 8.11. The van der Waals surface area contributed by atoms with Gasteiger partial charge in [0.05, 0.1) is 46.7 Å². The number of anilines is 2. The minimum Gasteiger partial charge on any atom is -0.396 e. The number of H-pyrrole nitrogens is 1. The third-order valence-corrected chi connectivity index (χ3v) is 5.85. The standard InChI is InChI=1S/C23H23F6N7/c1-12(34-21-8-32-20-6-17(25)16(24)5-15(20)21)19(30)10-36(31)14-4-18(26)22(33-7-14)13-2-3-35(9-13)11-23(27,28)29/h4-8,10,13,32,34H,1-3,9,11,30-31H2/b19-10-. The Morgan fingerprint density at radius 2 is 1.94 bits per heavy atom. The zero-order chi connectivity index (χ0) is 26.2. The molecule has 7 nitrogen and oxygen atoms in total. The van der Waals surface area contributed by atoms with Crippen LogP contribution in [0.2, 0.25) is 0 Å². The predicted octanol–water partition coefficient (Wildman–Crippen LogP) is 4.44. The highest BCUT2D eigenvalue weighted by atomic mass is 19.4. The molecule has 0 aliphatic carbocycles. The number of rotatable bonds is 7. The molecule has 0 spiro atoms. The molecule has 3 aromatic rings. The van der Waals surface area contributed by atoms with E-state index in [-0.39, 0.29) is 35.9 Å². The number of pyridine rings is 1. The first-order valence-corrected chi connectivity index (χ1v) is 10.8. The number of nitrogens with two attached hydrogens (primary N) is 2. The Balaban J connectivity index is 1.43. The molecular formula is C23H23F6N7. The molecule has 0 radical (unpaired) electrons. The summed E-state index contributed by atoms with van der Waals surface area (Å²) in [5.41, 5.74) is 7.22. The number of hydrogen-bond donors (Lipinski definition) is 4. The predicted molar refractivity (Wildman–Crippen MR) is 124 cm³/mol. The van der Waals surface area contributed by atoms with Crippen molar-refractivity contribution in [3.05, 3.63) is 77.9 Å². The molecule has 4 rings (SSSR count). The summed E-state index contributed by atoms with van der Waals surface area (Å²) in [5.74, 6) is 2.80. The van der Waals surface area contributed by atoms with Gasteiger partial charge in [-0.1, -0.05) is 6.58 Å². The van der Waals surface area contributed by atoms with Crippen LogP contribution in [0.3, 0.4) is 0 Å². The number of halogens is 6. The van der Waals surface area contributed by atoms with Gasteiger partial charge in [0.2, 0.25) is 0 Å². The van der Waals surface area contributed by atoms with Gasteiger partial charge in [0.25, 0.3) is 0 Å². The minimum atomic E-state index is -4.32. The Bertz CT molecular complexity index is 1320. The summed E-state index contributed by atoms with van der Waals surface area (Å²) < 4.78 is 79.6. The highest BCUT2D eigenvalue weighted by molar-refractivity contribution is 5.93. The molecule has 0 saturated carbocycles. The number of nitrogens with one attached hydrogen (secondary N) is 2. The average Bonchev–Trinajstić information content (AvgIpc) is 3.39. The van der Waals surface area contributed by atoms with Crippen LogP contribution in [-0.4, -0.2) is 40.7 Å². The van der Waals surface area contributed by atoms with Gasteiger partial charge in [-0.3, -0.25) is 14.9 Å².